The van der Waals surface area contributed by atoms with Crippen LogP contribution in [0.5, 0.6) is 0 Å². The highest BCUT2D eigenvalue weighted by Gasteiger charge is 2.15. The maximum atomic E-state index is 11.6. The van der Waals surface area contributed by atoms with Gasteiger partial charge >= 0.3 is 5.97 Å². The fourth-order valence-electron chi connectivity index (χ4n) is 1.63. The number of methoxy groups -OCH3 is 1. The van der Waals surface area contributed by atoms with E-state index in [1.807, 2.05) is 0 Å². The summed E-state index contributed by atoms with van der Waals surface area (Å²) in [5.74, 6) is -0.538. The lowest BCUT2D eigenvalue weighted by Gasteiger charge is -2.09. The minimum Gasteiger partial charge on any atom is -0.465 e. The van der Waals surface area contributed by atoms with Crippen molar-refractivity contribution in [2.75, 3.05) is 12.8 Å². The number of rotatable bonds is 2. The zero-order valence-electron chi connectivity index (χ0n) is 9.98. The summed E-state index contributed by atoms with van der Waals surface area (Å²) in [5.41, 5.74) is 7.17. The van der Waals surface area contributed by atoms with Crippen LogP contribution >= 0.6 is 23.2 Å². The molecule has 1 aromatic carbocycles. The molecule has 0 fully saturated rings. The third kappa shape index (κ3) is 2.64. The number of pyridine rings is 1. The molecule has 2 N–H and O–H groups in total. The van der Waals surface area contributed by atoms with Crippen LogP contribution in [0, 0.1) is 0 Å². The number of ether oxygens (including phenoxy) is 1. The molecule has 98 valence electrons. The average molecular weight is 297 g/mol. The fraction of sp³-hybridized carbons (Fsp3) is 0.0769. The van der Waals surface area contributed by atoms with Crippen molar-refractivity contribution in [2.24, 2.45) is 0 Å². The Balaban J connectivity index is 2.61. The van der Waals surface area contributed by atoms with Crippen molar-refractivity contribution in [1.82, 2.24) is 4.98 Å². The highest BCUT2D eigenvalue weighted by atomic mass is 35.5. The summed E-state index contributed by atoms with van der Waals surface area (Å²) in [7, 11) is 1.28. The SMILES string of the molecule is COC(=O)c1cc(-c2c(Cl)cccc2Cl)ncc1N. The normalized spacial score (nSPS) is 10.3. The van der Waals surface area contributed by atoms with Gasteiger partial charge in [-0.15, -0.1) is 0 Å². The first-order valence-electron chi connectivity index (χ1n) is 5.32. The number of hydrogen-bond acceptors (Lipinski definition) is 4. The van der Waals surface area contributed by atoms with E-state index in [0.29, 0.717) is 21.3 Å². The molecule has 0 bridgehead atoms. The summed E-state index contributed by atoms with van der Waals surface area (Å²) in [6.45, 7) is 0. The maximum absolute atomic E-state index is 11.6. The highest BCUT2D eigenvalue weighted by Crippen LogP contribution is 2.34. The smallest absolute Gasteiger partial charge is 0.340 e. The van der Waals surface area contributed by atoms with Crippen LogP contribution in [0.15, 0.2) is 30.5 Å². The van der Waals surface area contributed by atoms with E-state index in [2.05, 4.69) is 9.72 Å². The lowest BCUT2D eigenvalue weighted by Crippen LogP contribution is -2.06. The van der Waals surface area contributed by atoms with Crippen molar-refractivity contribution in [3.63, 3.8) is 0 Å². The third-order valence-electron chi connectivity index (χ3n) is 2.56. The van der Waals surface area contributed by atoms with Gasteiger partial charge in [0.1, 0.15) is 0 Å². The molecule has 0 spiro atoms. The Labute approximate surface area is 120 Å². The average Bonchev–Trinajstić information content (AvgIpc) is 2.39. The molecule has 0 amide bonds. The third-order valence-corrected chi connectivity index (χ3v) is 3.19. The lowest BCUT2D eigenvalue weighted by atomic mass is 10.1. The zero-order chi connectivity index (χ0) is 14.0. The Kier molecular flexibility index (Phi) is 3.93. The first kappa shape index (κ1) is 13.6. The van der Waals surface area contributed by atoms with Crippen molar-refractivity contribution in [2.45, 2.75) is 0 Å². The molecule has 6 heteroatoms. The molecule has 19 heavy (non-hydrogen) atoms. The Morgan fingerprint density at radius 2 is 1.95 bits per heavy atom. The first-order chi connectivity index (χ1) is 9.04. The van der Waals surface area contributed by atoms with Crippen LogP contribution in [0.25, 0.3) is 11.3 Å². The number of nitrogens with zero attached hydrogens (tertiary/aromatic N) is 1. The van der Waals surface area contributed by atoms with Gasteiger partial charge in [0.05, 0.1) is 40.3 Å². The Bertz CT molecular complexity index is 624. The molecule has 2 aromatic rings. The van der Waals surface area contributed by atoms with Crippen molar-refractivity contribution in [3.05, 3.63) is 46.1 Å². The molecule has 1 aromatic heterocycles. The zero-order valence-corrected chi connectivity index (χ0v) is 11.5. The number of aromatic nitrogens is 1. The quantitative estimate of drug-likeness (QED) is 0.862. The number of carbonyl (C=O) groups excluding carboxylic acids is 1. The molecule has 1 heterocycles. The summed E-state index contributed by atoms with van der Waals surface area (Å²) in [6, 6.07) is 6.62. The van der Waals surface area contributed by atoms with Gasteiger partial charge in [0.15, 0.2) is 0 Å². The number of hydrogen-bond donors (Lipinski definition) is 1. The second-order valence-corrected chi connectivity index (χ2v) is 4.56. The predicted molar refractivity (Wildman–Crippen MR) is 75.4 cm³/mol. The van der Waals surface area contributed by atoms with Crippen molar-refractivity contribution in [1.29, 1.82) is 0 Å². The molecule has 0 aliphatic rings. The van der Waals surface area contributed by atoms with E-state index in [1.165, 1.54) is 19.4 Å². The number of nitrogens with two attached hydrogens (primary N) is 1. The second-order valence-electron chi connectivity index (χ2n) is 3.75. The van der Waals surface area contributed by atoms with Crippen molar-refractivity contribution < 1.29 is 9.53 Å². The number of benzene rings is 1. The number of anilines is 1. The molecule has 4 nitrogen and oxygen atoms in total. The molecule has 0 saturated carbocycles. The van der Waals surface area contributed by atoms with E-state index in [9.17, 15) is 4.79 Å². The monoisotopic (exact) mass is 296 g/mol. The topological polar surface area (TPSA) is 65.2 Å². The van der Waals surface area contributed by atoms with Crippen LogP contribution in [0.2, 0.25) is 10.0 Å². The second kappa shape index (κ2) is 5.47. The van der Waals surface area contributed by atoms with Crippen molar-refractivity contribution >= 4 is 34.9 Å². The van der Waals surface area contributed by atoms with Gasteiger partial charge in [0.2, 0.25) is 0 Å². The Hall–Kier alpha value is -1.78. The summed E-state index contributed by atoms with van der Waals surface area (Å²) in [5, 5.41) is 0.890. The molecule has 0 radical (unpaired) electrons. The minimum atomic E-state index is -0.538. The van der Waals surface area contributed by atoms with Gasteiger partial charge in [-0.2, -0.15) is 0 Å². The largest absolute Gasteiger partial charge is 0.465 e. The lowest BCUT2D eigenvalue weighted by molar-refractivity contribution is 0.0602. The van der Waals surface area contributed by atoms with Gasteiger partial charge in [-0.05, 0) is 18.2 Å². The molecular formula is C13H10Cl2N2O2. The van der Waals surface area contributed by atoms with Crippen LogP contribution in [-0.4, -0.2) is 18.1 Å². The molecule has 0 atom stereocenters. The molecule has 0 unspecified atom stereocenters. The minimum absolute atomic E-state index is 0.225. The van der Waals surface area contributed by atoms with Crippen LogP contribution in [0.4, 0.5) is 5.69 Å². The van der Waals surface area contributed by atoms with E-state index >= 15 is 0 Å². The molecule has 0 aliphatic heterocycles. The summed E-state index contributed by atoms with van der Waals surface area (Å²) < 4.78 is 4.66. The molecular weight excluding hydrogens is 287 g/mol. The van der Waals surface area contributed by atoms with Crippen LogP contribution in [-0.2, 0) is 4.74 Å². The molecule has 0 saturated heterocycles. The van der Waals surface area contributed by atoms with E-state index < -0.39 is 5.97 Å². The van der Waals surface area contributed by atoms with E-state index in [0.717, 1.165) is 0 Å². The summed E-state index contributed by atoms with van der Waals surface area (Å²) >= 11 is 12.2. The predicted octanol–water partition coefficient (Wildman–Crippen LogP) is 3.42. The number of esters is 1. The van der Waals surface area contributed by atoms with Crippen LogP contribution in [0.1, 0.15) is 10.4 Å². The van der Waals surface area contributed by atoms with E-state index in [1.54, 1.807) is 18.2 Å². The number of nitrogen functional groups attached to an aromatic ring is 1. The van der Waals surface area contributed by atoms with Gasteiger partial charge in [-0.3, -0.25) is 4.98 Å². The summed E-state index contributed by atoms with van der Waals surface area (Å²) in [6.07, 6.45) is 1.38. The van der Waals surface area contributed by atoms with Crippen LogP contribution in [0.3, 0.4) is 0 Å². The number of halogens is 2. The Morgan fingerprint density at radius 1 is 1.32 bits per heavy atom. The van der Waals surface area contributed by atoms with Crippen LogP contribution < -0.4 is 5.73 Å². The van der Waals surface area contributed by atoms with Gasteiger partial charge in [-0.1, -0.05) is 29.3 Å². The van der Waals surface area contributed by atoms with Gasteiger partial charge in [0, 0.05) is 5.56 Å². The van der Waals surface area contributed by atoms with E-state index in [4.69, 9.17) is 28.9 Å². The standard InChI is InChI=1S/C13H10Cl2N2O2/c1-19-13(18)7-5-11(17-6-10(7)16)12-8(14)3-2-4-9(12)15/h2-6H,16H2,1H3. The Morgan fingerprint density at radius 3 is 2.53 bits per heavy atom. The van der Waals surface area contributed by atoms with Gasteiger partial charge in [0.25, 0.3) is 0 Å². The highest BCUT2D eigenvalue weighted by molar-refractivity contribution is 6.39. The number of carbonyl (C=O) groups is 1. The van der Waals surface area contributed by atoms with Gasteiger partial charge < -0.3 is 10.5 Å². The summed E-state index contributed by atoms with van der Waals surface area (Å²) in [4.78, 5) is 15.7. The van der Waals surface area contributed by atoms with Crippen molar-refractivity contribution in [3.8, 4) is 11.3 Å². The van der Waals surface area contributed by atoms with Gasteiger partial charge in [-0.25, -0.2) is 4.79 Å². The molecule has 2 rings (SSSR count). The maximum Gasteiger partial charge on any atom is 0.340 e. The molecule has 0 aliphatic carbocycles. The first-order valence-corrected chi connectivity index (χ1v) is 6.08. The van der Waals surface area contributed by atoms with E-state index in [-0.39, 0.29) is 11.3 Å². The fourth-order valence-corrected chi connectivity index (χ4v) is 2.22.